The Balaban J connectivity index is 2.14. The molecule has 23 heavy (non-hydrogen) atoms. The zero-order chi connectivity index (χ0) is 16.7. The van der Waals surface area contributed by atoms with Crippen molar-refractivity contribution in [3.8, 4) is 0 Å². The maximum Gasteiger partial charge on any atom is 0.352 e. The predicted octanol–water partition coefficient (Wildman–Crippen LogP) is 4.68. The molecule has 0 fully saturated rings. The van der Waals surface area contributed by atoms with Gasteiger partial charge in [-0.25, -0.2) is 18.0 Å². The number of aromatic amines is 1. The van der Waals surface area contributed by atoms with Gasteiger partial charge in [-0.3, -0.25) is 0 Å². The first-order chi connectivity index (χ1) is 10.9. The molecule has 3 aromatic rings. The highest BCUT2D eigenvalue weighted by molar-refractivity contribution is 6.31. The minimum Gasteiger partial charge on any atom is -0.477 e. The molecule has 1 aromatic heterocycles. The molecule has 0 aliphatic rings. The second kappa shape index (κ2) is 5.51. The van der Waals surface area contributed by atoms with E-state index in [-0.39, 0.29) is 27.3 Å². The number of carbonyl (C=O) groups is 1. The van der Waals surface area contributed by atoms with Gasteiger partial charge in [-0.15, -0.1) is 0 Å². The van der Waals surface area contributed by atoms with Crippen molar-refractivity contribution in [1.82, 2.24) is 4.98 Å². The second-order valence-corrected chi connectivity index (χ2v) is 5.16. The summed E-state index contributed by atoms with van der Waals surface area (Å²) < 4.78 is 40.7. The number of anilines is 2. The van der Waals surface area contributed by atoms with Crippen molar-refractivity contribution < 1.29 is 23.1 Å². The molecule has 118 valence electrons. The van der Waals surface area contributed by atoms with Gasteiger partial charge in [0.25, 0.3) is 0 Å². The van der Waals surface area contributed by atoms with Crippen molar-refractivity contribution in [2.24, 2.45) is 0 Å². The number of nitrogens with one attached hydrogen (secondary N) is 2. The topological polar surface area (TPSA) is 65.1 Å². The third-order valence-electron chi connectivity index (χ3n) is 3.24. The normalized spacial score (nSPS) is 11.0. The van der Waals surface area contributed by atoms with E-state index in [2.05, 4.69) is 10.3 Å². The number of hydrogen-bond donors (Lipinski definition) is 3. The van der Waals surface area contributed by atoms with Gasteiger partial charge in [-0.2, -0.15) is 0 Å². The van der Waals surface area contributed by atoms with Gasteiger partial charge in [-0.1, -0.05) is 11.6 Å². The molecular formula is C15H8ClF3N2O2. The van der Waals surface area contributed by atoms with E-state index >= 15 is 0 Å². The monoisotopic (exact) mass is 340 g/mol. The molecule has 0 amide bonds. The van der Waals surface area contributed by atoms with Crippen LogP contribution in [0.25, 0.3) is 10.9 Å². The van der Waals surface area contributed by atoms with Crippen LogP contribution in [0.4, 0.5) is 24.5 Å². The summed E-state index contributed by atoms with van der Waals surface area (Å²) in [4.78, 5) is 13.3. The Hall–Kier alpha value is -2.67. The number of halogens is 4. The number of benzene rings is 2. The van der Waals surface area contributed by atoms with Crippen LogP contribution < -0.4 is 5.32 Å². The summed E-state index contributed by atoms with van der Waals surface area (Å²) in [5.41, 5.74) is -0.116. The van der Waals surface area contributed by atoms with E-state index in [9.17, 15) is 18.0 Å². The molecule has 0 aliphatic heterocycles. The Bertz CT molecular complexity index is 940. The lowest BCUT2D eigenvalue weighted by atomic mass is 10.2. The molecule has 1 heterocycles. The van der Waals surface area contributed by atoms with Crippen molar-refractivity contribution in [3.63, 3.8) is 0 Å². The van der Waals surface area contributed by atoms with E-state index < -0.39 is 23.4 Å². The van der Waals surface area contributed by atoms with Crippen LogP contribution in [0, 0.1) is 17.5 Å². The minimum atomic E-state index is -1.31. The summed E-state index contributed by atoms with van der Waals surface area (Å²) in [6.07, 6.45) is 0. The van der Waals surface area contributed by atoms with Crippen LogP contribution in [0.15, 0.2) is 30.3 Å². The van der Waals surface area contributed by atoms with E-state index in [1.54, 1.807) is 0 Å². The Morgan fingerprint density at radius 2 is 1.87 bits per heavy atom. The summed E-state index contributed by atoms with van der Waals surface area (Å²) in [6, 6.07) is 5.80. The largest absolute Gasteiger partial charge is 0.477 e. The maximum absolute atomic E-state index is 13.8. The predicted molar refractivity (Wildman–Crippen MR) is 79.9 cm³/mol. The summed E-state index contributed by atoms with van der Waals surface area (Å²) >= 11 is 5.67. The zero-order valence-corrected chi connectivity index (χ0v) is 12.0. The Kier molecular flexibility index (Phi) is 3.65. The Morgan fingerprint density at radius 1 is 1.13 bits per heavy atom. The minimum absolute atomic E-state index is 0.116. The molecule has 4 nitrogen and oxygen atoms in total. The van der Waals surface area contributed by atoms with Gasteiger partial charge in [0, 0.05) is 17.1 Å². The molecule has 3 rings (SSSR count). The van der Waals surface area contributed by atoms with Gasteiger partial charge < -0.3 is 15.4 Å². The highest BCUT2D eigenvalue weighted by Gasteiger charge is 2.18. The summed E-state index contributed by atoms with van der Waals surface area (Å²) in [5, 5.41) is 11.7. The molecular weight excluding hydrogens is 333 g/mol. The number of fused-ring (bicyclic) bond motifs is 1. The molecule has 0 bridgehead atoms. The lowest BCUT2D eigenvalue weighted by molar-refractivity contribution is 0.0691. The Labute approximate surface area is 132 Å². The van der Waals surface area contributed by atoms with E-state index in [1.165, 1.54) is 18.2 Å². The summed E-state index contributed by atoms with van der Waals surface area (Å²) in [5.74, 6) is -4.28. The molecule has 3 N–H and O–H groups in total. The number of carboxylic acids is 1. The number of hydrogen-bond acceptors (Lipinski definition) is 2. The first-order valence-electron chi connectivity index (χ1n) is 6.33. The average Bonchev–Trinajstić information content (AvgIpc) is 2.94. The van der Waals surface area contributed by atoms with Crippen LogP contribution in [0.5, 0.6) is 0 Å². The van der Waals surface area contributed by atoms with Crippen LogP contribution in [-0.2, 0) is 0 Å². The van der Waals surface area contributed by atoms with Crippen LogP contribution in [0.1, 0.15) is 10.5 Å². The third-order valence-corrected chi connectivity index (χ3v) is 3.53. The first kappa shape index (κ1) is 15.2. The van der Waals surface area contributed by atoms with E-state index in [0.29, 0.717) is 5.69 Å². The number of H-pyrrole nitrogens is 1. The van der Waals surface area contributed by atoms with Gasteiger partial charge in [0.1, 0.15) is 11.5 Å². The second-order valence-electron chi connectivity index (χ2n) is 4.75. The molecule has 0 spiro atoms. The van der Waals surface area contributed by atoms with Crippen molar-refractivity contribution in [2.75, 3.05) is 5.32 Å². The Morgan fingerprint density at radius 3 is 2.52 bits per heavy atom. The first-order valence-corrected chi connectivity index (χ1v) is 6.70. The van der Waals surface area contributed by atoms with Crippen LogP contribution in [0.3, 0.4) is 0 Å². The van der Waals surface area contributed by atoms with Crippen LogP contribution in [0.2, 0.25) is 5.02 Å². The summed E-state index contributed by atoms with van der Waals surface area (Å²) in [6.45, 7) is 0. The summed E-state index contributed by atoms with van der Waals surface area (Å²) in [7, 11) is 0. The average molecular weight is 341 g/mol. The van der Waals surface area contributed by atoms with Crippen molar-refractivity contribution in [3.05, 3.63) is 58.5 Å². The van der Waals surface area contributed by atoms with Crippen LogP contribution >= 0.6 is 11.6 Å². The molecule has 0 atom stereocenters. The van der Waals surface area contributed by atoms with Crippen LogP contribution in [-0.4, -0.2) is 16.1 Å². The molecule has 0 saturated heterocycles. The van der Waals surface area contributed by atoms with E-state index in [0.717, 1.165) is 12.1 Å². The SMILES string of the molecule is O=C(O)c1cc2c(Nc3ccc(F)c(Cl)c3)cc(F)c(F)c2[nH]1. The van der Waals surface area contributed by atoms with Gasteiger partial charge in [0.2, 0.25) is 0 Å². The fourth-order valence-electron chi connectivity index (χ4n) is 2.18. The van der Waals surface area contributed by atoms with Crippen molar-refractivity contribution >= 4 is 39.8 Å². The third kappa shape index (κ3) is 2.70. The molecule has 0 radical (unpaired) electrons. The highest BCUT2D eigenvalue weighted by Crippen LogP contribution is 2.32. The molecule has 0 aliphatic carbocycles. The lowest BCUT2D eigenvalue weighted by Crippen LogP contribution is -1.96. The van der Waals surface area contributed by atoms with Gasteiger partial charge >= 0.3 is 5.97 Å². The smallest absolute Gasteiger partial charge is 0.352 e. The maximum atomic E-state index is 13.8. The number of aromatic nitrogens is 1. The standard InChI is InChI=1S/C15H8ClF3N2O2/c16-8-3-6(1-2-9(8)17)20-11-5-10(18)13(19)14-7(11)4-12(21-14)15(22)23/h1-5,20-21H,(H,22,23). The van der Waals surface area contributed by atoms with Gasteiger partial charge in [0.05, 0.1) is 16.2 Å². The van der Waals surface area contributed by atoms with E-state index in [4.69, 9.17) is 16.7 Å². The van der Waals surface area contributed by atoms with Gasteiger partial charge in [-0.05, 0) is 24.3 Å². The van der Waals surface area contributed by atoms with Crippen molar-refractivity contribution in [1.29, 1.82) is 0 Å². The lowest BCUT2D eigenvalue weighted by Gasteiger charge is -2.09. The molecule has 0 saturated carbocycles. The van der Waals surface area contributed by atoms with Gasteiger partial charge in [0.15, 0.2) is 11.6 Å². The van der Waals surface area contributed by atoms with Crippen molar-refractivity contribution in [2.45, 2.75) is 0 Å². The number of aromatic carboxylic acids is 1. The quantitative estimate of drug-likeness (QED) is 0.648. The fourth-order valence-corrected chi connectivity index (χ4v) is 2.36. The van der Waals surface area contributed by atoms with E-state index in [1.807, 2.05) is 0 Å². The fraction of sp³-hybridized carbons (Fsp3) is 0. The highest BCUT2D eigenvalue weighted by atomic mass is 35.5. The molecule has 0 unspecified atom stereocenters. The molecule has 2 aromatic carbocycles. The number of carboxylic acid groups (broad SMARTS) is 1. The molecule has 8 heteroatoms. The zero-order valence-electron chi connectivity index (χ0n) is 11.3. The number of rotatable bonds is 3.